The molecule has 0 fully saturated rings. The van der Waals surface area contributed by atoms with E-state index in [4.69, 9.17) is 13.6 Å². The average Bonchev–Trinajstić information content (AvgIpc) is 3.40. The Morgan fingerprint density at radius 1 is 1.07 bits per heavy atom. The van der Waals surface area contributed by atoms with Crippen molar-refractivity contribution < 1.29 is 18.4 Å². The van der Waals surface area contributed by atoms with E-state index in [1.54, 1.807) is 18.2 Å². The van der Waals surface area contributed by atoms with Crippen LogP contribution in [0.2, 0.25) is 0 Å². The number of aryl methyl sites for hydroxylation is 1. The lowest BCUT2D eigenvalue weighted by Crippen LogP contribution is -2.14. The van der Waals surface area contributed by atoms with E-state index >= 15 is 0 Å². The molecule has 0 aliphatic rings. The highest BCUT2D eigenvalue weighted by Gasteiger charge is 2.21. The second kappa shape index (κ2) is 7.84. The first-order chi connectivity index (χ1) is 13.7. The Labute approximate surface area is 161 Å². The molecular formula is C22H18N2O4. The van der Waals surface area contributed by atoms with Gasteiger partial charge in [-0.05, 0) is 42.3 Å². The summed E-state index contributed by atoms with van der Waals surface area (Å²) in [6.07, 6.45) is 2.73. The molecule has 1 amide bonds. The van der Waals surface area contributed by atoms with Crippen molar-refractivity contribution in [2.24, 2.45) is 0 Å². The molecule has 1 N–H and O–H groups in total. The third-order valence-corrected chi connectivity index (χ3v) is 4.15. The number of carbonyl (C=O) groups excluding carboxylic acids is 1. The van der Waals surface area contributed by atoms with Crippen molar-refractivity contribution in [1.29, 1.82) is 0 Å². The summed E-state index contributed by atoms with van der Waals surface area (Å²) >= 11 is 0. The van der Waals surface area contributed by atoms with Crippen LogP contribution in [0.3, 0.4) is 0 Å². The number of oxazole rings is 1. The Morgan fingerprint density at radius 3 is 2.71 bits per heavy atom. The minimum atomic E-state index is -0.409. The zero-order valence-corrected chi connectivity index (χ0v) is 15.2. The second-order valence-electron chi connectivity index (χ2n) is 6.24. The molecule has 0 unspecified atom stereocenters. The lowest BCUT2D eigenvalue weighted by atomic mass is 10.2. The van der Waals surface area contributed by atoms with Gasteiger partial charge < -0.3 is 18.9 Å². The lowest BCUT2D eigenvalue weighted by molar-refractivity contribution is 0.102. The summed E-state index contributed by atoms with van der Waals surface area (Å²) in [6, 6.07) is 18.9. The van der Waals surface area contributed by atoms with Crippen LogP contribution in [0.5, 0.6) is 5.75 Å². The van der Waals surface area contributed by atoms with Gasteiger partial charge in [-0.25, -0.2) is 4.98 Å². The van der Waals surface area contributed by atoms with Gasteiger partial charge in [-0.1, -0.05) is 36.4 Å². The van der Waals surface area contributed by atoms with Crippen LogP contribution in [-0.2, 0) is 6.61 Å². The fourth-order valence-corrected chi connectivity index (χ4v) is 2.76. The van der Waals surface area contributed by atoms with Crippen LogP contribution in [0.15, 0.2) is 82.2 Å². The maximum absolute atomic E-state index is 12.8. The van der Waals surface area contributed by atoms with Crippen molar-refractivity contribution in [2.75, 3.05) is 5.32 Å². The fraction of sp³-hybridized carbons (Fsp3) is 0.0909. The Bertz CT molecular complexity index is 1070. The number of ether oxygens (including phenoxy) is 1. The molecule has 2 aromatic carbocycles. The quantitative estimate of drug-likeness (QED) is 0.509. The predicted octanol–water partition coefficient (Wildman–Crippen LogP) is 5.07. The van der Waals surface area contributed by atoms with E-state index in [1.165, 1.54) is 12.7 Å². The van der Waals surface area contributed by atoms with Crippen LogP contribution >= 0.6 is 0 Å². The monoisotopic (exact) mass is 374 g/mol. The first-order valence-electron chi connectivity index (χ1n) is 8.77. The van der Waals surface area contributed by atoms with Crippen LogP contribution < -0.4 is 10.1 Å². The summed E-state index contributed by atoms with van der Waals surface area (Å²) in [7, 11) is 0. The third kappa shape index (κ3) is 3.81. The molecule has 28 heavy (non-hydrogen) atoms. The van der Waals surface area contributed by atoms with Crippen LogP contribution in [0.25, 0.3) is 11.5 Å². The van der Waals surface area contributed by atoms with E-state index in [0.29, 0.717) is 23.8 Å². The van der Waals surface area contributed by atoms with Gasteiger partial charge in [-0.2, -0.15) is 0 Å². The molecule has 4 rings (SSSR count). The molecule has 2 heterocycles. The number of carbonyl (C=O) groups is 1. The standard InChI is InChI=1S/C22H18N2O4/c1-15-9-10-17(19(12-15)27-13-16-6-3-2-4-7-16)24-22(25)20-21(28-14-23-20)18-8-5-11-26-18/h2-12,14H,13H2,1H3,(H,24,25). The highest BCUT2D eigenvalue weighted by molar-refractivity contribution is 6.06. The second-order valence-corrected chi connectivity index (χ2v) is 6.24. The number of nitrogens with zero attached hydrogens (tertiary/aromatic N) is 1. The van der Waals surface area contributed by atoms with Gasteiger partial charge in [0.2, 0.25) is 5.76 Å². The highest BCUT2D eigenvalue weighted by Crippen LogP contribution is 2.29. The summed E-state index contributed by atoms with van der Waals surface area (Å²) < 4.78 is 16.6. The summed E-state index contributed by atoms with van der Waals surface area (Å²) in [5.41, 5.74) is 2.76. The lowest BCUT2D eigenvalue weighted by Gasteiger charge is -2.13. The molecule has 6 nitrogen and oxygen atoms in total. The van der Waals surface area contributed by atoms with Crippen LogP contribution in [0.4, 0.5) is 5.69 Å². The summed E-state index contributed by atoms with van der Waals surface area (Å²) in [5, 5.41) is 2.85. The number of anilines is 1. The number of aromatic nitrogens is 1. The molecule has 0 aliphatic heterocycles. The Morgan fingerprint density at radius 2 is 1.93 bits per heavy atom. The minimum absolute atomic E-state index is 0.143. The van der Waals surface area contributed by atoms with E-state index in [1.807, 2.05) is 49.4 Å². The van der Waals surface area contributed by atoms with Gasteiger partial charge in [0.05, 0.1) is 12.0 Å². The third-order valence-electron chi connectivity index (χ3n) is 4.15. The molecule has 0 radical (unpaired) electrons. The number of rotatable bonds is 6. The van der Waals surface area contributed by atoms with Gasteiger partial charge in [0, 0.05) is 0 Å². The smallest absolute Gasteiger partial charge is 0.278 e. The van der Waals surface area contributed by atoms with Crippen molar-refractivity contribution in [2.45, 2.75) is 13.5 Å². The molecule has 140 valence electrons. The van der Waals surface area contributed by atoms with Gasteiger partial charge >= 0.3 is 0 Å². The number of furan rings is 1. The maximum Gasteiger partial charge on any atom is 0.278 e. The van der Waals surface area contributed by atoms with Crippen LogP contribution in [-0.4, -0.2) is 10.9 Å². The van der Waals surface area contributed by atoms with E-state index in [9.17, 15) is 4.79 Å². The van der Waals surface area contributed by atoms with E-state index in [0.717, 1.165) is 11.1 Å². The van der Waals surface area contributed by atoms with Crippen molar-refractivity contribution in [3.05, 3.63) is 90.1 Å². The Balaban J connectivity index is 1.55. The summed E-state index contributed by atoms with van der Waals surface area (Å²) in [6.45, 7) is 2.36. The number of hydrogen-bond donors (Lipinski definition) is 1. The summed E-state index contributed by atoms with van der Waals surface area (Å²) in [4.78, 5) is 16.8. The largest absolute Gasteiger partial charge is 0.487 e. The molecule has 2 aromatic heterocycles. The number of nitrogens with one attached hydrogen (secondary N) is 1. The normalized spacial score (nSPS) is 10.6. The van der Waals surface area contributed by atoms with Crippen molar-refractivity contribution in [1.82, 2.24) is 4.98 Å². The summed E-state index contributed by atoms with van der Waals surface area (Å²) in [5.74, 6) is 0.891. The minimum Gasteiger partial charge on any atom is -0.487 e. The first kappa shape index (κ1) is 17.6. The van der Waals surface area contributed by atoms with Crippen molar-refractivity contribution in [3.63, 3.8) is 0 Å². The maximum atomic E-state index is 12.8. The SMILES string of the molecule is Cc1ccc(NC(=O)c2ncoc2-c2ccco2)c(OCc2ccccc2)c1. The zero-order chi connectivity index (χ0) is 19.3. The zero-order valence-electron chi connectivity index (χ0n) is 15.2. The molecule has 0 bridgehead atoms. The molecular weight excluding hydrogens is 356 g/mol. The van der Waals surface area contributed by atoms with E-state index in [-0.39, 0.29) is 11.5 Å². The van der Waals surface area contributed by atoms with Crippen molar-refractivity contribution in [3.8, 4) is 17.3 Å². The number of hydrogen-bond acceptors (Lipinski definition) is 5. The number of benzene rings is 2. The van der Waals surface area contributed by atoms with Crippen LogP contribution in [0.1, 0.15) is 21.6 Å². The Hall–Kier alpha value is -3.80. The van der Waals surface area contributed by atoms with Crippen molar-refractivity contribution >= 4 is 11.6 Å². The molecule has 0 saturated heterocycles. The first-order valence-corrected chi connectivity index (χ1v) is 8.77. The van der Waals surface area contributed by atoms with Gasteiger partial charge in [0.1, 0.15) is 12.4 Å². The molecule has 0 saturated carbocycles. The predicted molar refractivity (Wildman–Crippen MR) is 104 cm³/mol. The molecule has 0 aliphatic carbocycles. The molecule has 4 aromatic rings. The van der Waals surface area contributed by atoms with Gasteiger partial charge in [0.25, 0.3) is 5.91 Å². The topological polar surface area (TPSA) is 77.5 Å². The Kier molecular flexibility index (Phi) is 4.93. The molecule has 0 atom stereocenters. The van der Waals surface area contributed by atoms with E-state index < -0.39 is 5.91 Å². The molecule has 0 spiro atoms. The highest BCUT2D eigenvalue weighted by atomic mass is 16.5. The van der Waals surface area contributed by atoms with Gasteiger partial charge in [-0.3, -0.25) is 4.79 Å². The number of amides is 1. The average molecular weight is 374 g/mol. The van der Waals surface area contributed by atoms with Crippen LogP contribution in [0, 0.1) is 6.92 Å². The molecule has 6 heteroatoms. The van der Waals surface area contributed by atoms with E-state index in [2.05, 4.69) is 10.3 Å². The van der Waals surface area contributed by atoms with Gasteiger partial charge in [-0.15, -0.1) is 0 Å². The fourth-order valence-electron chi connectivity index (χ4n) is 2.76. The van der Waals surface area contributed by atoms with Gasteiger partial charge in [0.15, 0.2) is 17.8 Å².